The zero-order valence-corrected chi connectivity index (χ0v) is 4.90. The first-order valence-corrected chi connectivity index (χ1v) is 2.72. The van der Waals surface area contributed by atoms with Gasteiger partial charge in [0.2, 0.25) is 0 Å². The molecule has 1 radical (unpaired) electrons. The largest absolute Gasteiger partial charge is 0.375 e. The Labute approximate surface area is 44.7 Å². The molecule has 0 amide bonds. The molecule has 0 saturated heterocycles. The van der Waals surface area contributed by atoms with Crippen molar-refractivity contribution in [3.8, 4) is 0 Å². The minimum absolute atomic E-state index is 0.810. The second kappa shape index (κ2) is 1.83. The zero-order valence-electron chi connectivity index (χ0n) is 4.90. The van der Waals surface area contributed by atoms with E-state index in [0.29, 0.717) is 0 Å². The first-order chi connectivity index (χ1) is 3.34. The summed E-state index contributed by atoms with van der Waals surface area (Å²) in [5, 5.41) is 0. The molecule has 1 rings (SSSR count). The summed E-state index contributed by atoms with van der Waals surface area (Å²) in [5.74, 6) is 0.810. The van der Waals surface area contributed by atoms with E-state index in [0.717, 1.165) is 5.92 Å². The molecule has 0 bridgehead atoms. The molecule has 0 unspecified atom stereocenters. The highest BCUT2D eigenvalue weighted by molar-refractivity contribution is 4.91. The van der Waals surface area contributed by atoms with E-state index in [9.17, 15) is 0 Å². The van der Waals surface area contributed by atoms with E-state index >= 15 is 0 Å². The lowest BCUT2D eigenvalue weighted by Gasteiger charge is -2.02. The smallest absolute Gasteiger partial charge is 0.0966 e. The number of rotatable bonds is 2. The van der Waals surface area contributed by atoms with Gasteiger partial charge in [0.15, 0.2) is 0 Å². The lowest BCUT2D eigenvalue weighted by molar-refractivity contribution is 0.195. The second-order valence-corrected chi connectivity index (χ2v) is 2.09. The molecule has 0 N–H and O–H groups in total. The summed E-state index contributed by atoms with van der Waals surface area (Å²) in [6.07, 6.45) is 3.90. The Hall–Kier alpha value is -0.0400. The van der Waals surface area contributed by atoms with Crippen LogP contribution >= 0.6 is 0 Å². The monoisotopic (exact) mass is 99.1 g/mol. The molecule has 0 aromatic rings. The Kier molecular flexibility index (Phi) is 1.33. The van der Waals surface area contributed by atoms with Gasteiger partial charge in [-0.05, 0) is 25.7 Å². The molecule has 41 valence electrons. The number of hydrogen-bond donors (Lipinski definition) is 0. The van der Waals surface area contributed by atoms with Gasteiger partial charge in [-0.2, -0.15) is 0 Å². The van der Waals surface area contributed by atoms with Crippen molar-refractivity contribution in [3.63, 3.8) is 0 Å². The second-order valence-electron chi connectivity index (χ2n) is 2.09. The Bertz CT molecular complexity index is 57.2. The van der Waals surface area contributed by atoms with Gasteiger partial charge in [0.1, 0.15) is 0 Å². The average molecular weight is 99.2 g/mol. The molecule has 0 spiro atoms. The Morgan fingerprint density at radius 1 is 1.57 bits per heavy atom. The summed E-state index contributed by atoms with van der Waals surface area (Å²) in [6, 6.07) is 0. The van der Waals surface area contributed by atoms with Crippen molar-refractivity contribution in [1.82, 2.24) is 0 Å². The van der Waals surface area contributed by atoms with Gasteiger partial charge in [-0.15, -0.1) is 0 Å². The fourth-order valence-electron chi connectivity index (χ4n) is 0.657. The third kappa shape index (κ3) is 1.16. The summed E-state index contributed by atoms with van der Waals surface area (Å²) >= 11 is 0. The molecule has 0 aromatic heterocycles. The van der Waals surface area contributed by atoms with E-state index < -0.39 is 0 Å². The van der Waals surface area contributed by atoms with Crippen molar-refractivity contribution >= 4 is 0 Å². The molecular weight excluding hydrogens is 88.1 g/mol. The van der Waals surface area contributed by atoms with Crippen molar-refractivity contribution in [2.45, 2.75) is 19.8 Å². The van der Waals surface area contributed by atoms with Crippen molar-refractivity contribution < 1.29 is 4.74 Å². The van der Waals surface area contributed by atoms with E-state index in [1.165, 1.54) is 18.9 Å². The van der Waals surface area contributed by atoms with E-state index in [1.807, 2.05) is 0 Å². The van der Waals surface area contributed by atoms with Gasteiger partial charge in [-0.3, -0.25) is 0 Å². The molecule has 0 aliphatic heterocycles. The maximum absolute atomic E-state index is 4.99. The topological polar surface area (TPSA) is 9.23 Å². The van der Waals surface area contributed by atoms with E-state index in [4.69, 9.17) is 4.74 Å². The Morgan fingerprint density at radius 2 is 2.14 bits per heavy atom. The van der Waals surface area contributed by atoms with Gasteiger partial charge in [0.05, 0.1) is 6.10 Å². The standard InChI is InChI=1S/C6H11O/c1-5(7-2)6-3-4-6/h6H,3-4H2,1-2H3. The third-order valence-corrected chi connectivity index (χ3v) is 1.47. The summed E-state index contributed by atoms with van der Waals surface area (Å²) in [5.41, 5.74) is 0. The predicted molar refractivity (Wildman–Crippen MR) is 28.6 cm³/mol. The minimum Gasteiger partial charge on any atom is -0.375 e. The van der Waals surface area contributed by atoms with Crippen molar-refractivity contribution in [3.05, 3.63) is 6.10 Å². The van der Waals surface area contributed by atoms with Crippen LogP contribution in [0.15, 0.2) is 0 Å². The fourth-order valence-corrected chi connectivity index (χ4v) is 0.657. The molecule has 0 heterocycles. The van der Waals surface area contributed by atoms with Gasteiger partial charge in [0.25, 0.3) is 0 Å². The van der Waals surface area contributed by atoms with Crippen LogP contribution in [0.2, 0.25) is 0 Å². The van der Waals surface area contributed by atoms with Crippen molar-refractivity contribution in [1.29, 1.82) is 0 Å². The SMILES string of the molecule is CO[C](C)C1CC1. The van der Waals surface area contributed by atoms with Crippen molar-refractivity contribution in [2.24, 2.45) is 5.92 Å². The number of methoxy groups -OCH3 is 1. The van der Waals surface area contributed by atoms with E-state index in [2.05, 4.69) is 6.92 Å². The molecule has 1 heteroatoms. The van der Waals surface area contributed by atoms with Crippen molar-refractivity contribution in [2.75, 3.05) is 7.11 Å². The molecule has 1 saturated carbocycles. The van der Waals surface area contributed by atoms with E-state index in [-0.39, 0.29) is 0 Å². The average Bonchev–Trinajstić information content (AvgIpc) is 2.44. The molecule has 1 fully saturated rings. The van der Waals surface area contributed by atoms with Gasteiger partial charge in [-0.25, -0.2) is 0 Å². The lowest BCUT2D eigenvalue weighted by atomic mass is 10.3. The molecule has 0 atom stereocenters. The van der Waals surface area contributed by atoms with Gasteiger partial charge >= 0.3 is 0 Å². The lowest BCUT2D eigenvalue weighted by Crippen LogP contribution is -1.94. The minimum atomic E-state index is 0.810. The van der Waals surface area contributed by atoms with Crippen LogP contribution in [0.25, 0.3) is 0 Å². The first-order valence-electron chi connectivity index (χ1n) is 2.72. The van der Waals surface area contributed by atoms with Crippen LogP contribution in [0, 0.1) is 12.0 Å². The highest BCUT2D eigenvalue weighted by atomic mass is 16.5. The molecule has 1 nitrogen and oxygen atoms in total. The fraction of sp³-hybridized carbons (Fsp3) is 0.833. The maximum Gasteiger partial charge on any atom is 0.0966 e. The van der Waals surface area contributed by atoms with Crippen LogP contribution < -0.4 is 0 Å². The van der Waals surface area contributed by atoms with E-state index in [1.54, 1.807) is 7.11 Å². The highest BCUT2D eigenvalue weighted by Crippen LogP contribution is 2.37. The molecule has 0 aromatic carbocycles. The van der Waals surface area contributed by atoms with Gasteiger partial charge < -0.3 is 4.74 Å². The Balaban J connectivity index is 2.10. The normalized spacial score (nSPS) is 21.0. The first kappa shape index (κ1) is 5.10. The number of ether oxygens (including phenoxy) is 1. The van der Waals surface area contributed by atoms with Crippen LogP contribution in [0.5, 0.6) is 0 Å². The molecule has 7 heavy (non-hydrogen) atoms. The summed E-state index contributed by atoms with van der Waals surface area (Å²) in [4.78, 5) is 0. The maximum atomic E-state index is 4.99. The molecular formula is C6H11O. The summed E-state index contributed by atoms with van der Waals surface area (Å²) in [7, 11) is 1.74. The van der Waals surface area contributed by atoms with Crippen LogP contribution in [0.1, 0.15) is 19.8 Å². The summed E-state index contributed by atoms with van der Waals surface area (Å²) in [6.45, 7) is 2.05. The number of hydrogen-bond acceptors (Lipinski definition) is 1. The van der Waals surface area contributed by atoms with Crippen LogP contribution in [-0.2, 0) is 4.74 Å². The van der Waals surface area contributed by atoms with Crippen LogP contribution in [-0.4, -0.2) is 7.11 Å². The van der Waals surface area contributed by atoms with Gasteiger partial charge in [-0.1, -0.05) is 0 Å². The van der Waals surface area contributed by atoms with Crippen LogP contribution in [0.3, 0.4) is 0 Å². The summed E-state index contributed by atoms with van der Waals surface area (Å²) < 4.78 is 4.99. The zero-order chi connectivity index (χ0) is 5.28. The highest BCUT2D eigenvalue weighted by Gasteiger charge is 2.28. The van der Waals surface area contributed by atoms with Crippen LogP contribution in [0.4, 0.5) is 0 Å². The predicted octanol–water partition coefficient (Wildman–Crippen LogP) is 1.59. The third-order valence-electron chi connectivity index (χ3n) is 1.47. The molecule has 1 aliphatic rings. The van der Waals surface area contributed by atoms with Gasteiger partial charge in [0, 0.05) is 7.11 Å². The Morgan fingerprint density at radius 3 is 2.29 bits per heavy atom. The molecule has 1 aliphatic carbocycles. The quantitative estimate of drug-likeness (QED) is 0.511.